The van der Waals surface area contributed by atoms with Crippen LogP contribution < -0.4 is 0 Å². The van der Waals surface area contributed by atoms with Crippen LogP contribution >= 0.6 is 12.6 Å². The van der Waals surface area contributed by atoms with E-state index in [0.29, 0.717) is 16.0 Å². The molecule has 0 N–H and O–H groups in total. The minimum absolute atomic E-state index is 0.275. The molecular weight excluding hydrogens is 182 g/mol. The van der Waals surface area contributed by atoms with E-state index < -0.39 is 0 Å². The fourth-order valence-electron chi connectivity index (χ4n) is 1.20. The van der Waals surface area contributed by atoms with Crippen LogP contribution in [-0.2, 0) is 4.79 Å². The summed E-state index contributed by atoms with van der Waals surface area (Å²) in [5.74, 6) is -0.275. The van der Waals surface area contributed by atoms with E-state index >= 15 is 0 Å². The van der Waals surface area contributed by atoms with E-state index in [0.717, 1.165) is 6.29 Å². The van der Waals surface area contributed by atoms with Gasteiger partial charge in [0.25, 0.3) is 0 Å². The summed E-state index contributed by atoms with van der Waals surface area (Å²) in [6.45, 7) is 1.75. The summed E-state index contributed by atoms with van der Waals surface area (Å²) < 4.78 is 0. The summed E-state index contributed by atoms with van der Waals surface area (Å²) in [6, 6.07) is 7.26. The molecule has 0 amide bonds. The molecular formula is C10H9NOS. The molecule has 3 heteroatoms. The number of nitriles is 1. The third kappa shape index (κ3) is 1.90. The van der Waals surface area contributed by atoms with Crippen LogP contribution in [0.2, 0.25) is 0 Å². The fraction of sp³-hybridized carbons (Fsp3) is 0.200. The molecule has 1 unspecified atom stereocenters. The van der Waals surface area contributed by atoms with Gasteiger partial charge in [-0.15, -0.1) is 12.6 Å². The van der Waals surface area contributed by atoms with Crippen molar-refractivity contribution < 1.29 is 4.79 Å². The van der Waals surface area contributed by atoms with Crippen molar-refractivity contribution in [3.63, 3.8) is 0 Å². The minimum Gasteiger partial charge on any atom is -0.303 e. The van der Waals surface area contributed by atoms with Gasteiger partial charge in [-0.2, -0.15) is 5.26 Å². The average molecular weight is 191 g/mol. The van der Waals surface area contributed by atoms with Crippen molar-refractivity contribution in [1.29, 1.82) is 5.26 Å². The maximum Gasteiger partial charge on any atom is 0.127 e. The Hall–Kier alpha value is -1.27. The number of nitrogens with zero attached hydrogens (tertiary/aromatic N) is 1. The predicted octanol–water partition coefficient (Wildman–Crippen LogP) is 2.15. The van der Waals surface area contributed by atoms with E-state index in [1.807, 2.05) is 6.07 Å². The Kier molecular flexibility index (Phi) is 3.10. The summed E-state index contributed by atoms with van der Waals surface area (Å²) in [5, 5.41) is 8.79. The van der Waals surface area contributed by atoms with Gasteiger partial charge in [0.05, 0.1) is 11.6 Å². The molecule has 1 rings (SSSR count). The van der Waals surface area contributed by atoms with Gasteiger partial charge in [-0.1, -0.05) is 13.0 Å². The Balaban J connectivity index is 3.32. The number of carbonyl (C=O) groups excluding carboxylic acids is 1. The molecule has 1 aromatic carbocycles. The van der Waals surface area contributed by atoms with E-state index in [1.165, 1.54) is 0 Å². The molecule has 0 heterocycles. The standard InChI is InChI=1S/C10H9NOS/c1-7(6-12)10-8(5-11)3-2-4-9(10)13/h2-4,6-7,13H,1H3. The Morgan fingerprint density at radius 3 is 2.85 bits per heavy atom. The van der Waals surface area contributed by atoms with Crippen molar-refractivity contribution >= 4 is 18.9 Å². The molecule has 13 heavy (non-hydrogen) atoms. The van der Waals surface area contributed by atoms with E-state index in [1.54, 1.807) is 25.1 Å². The first-order valence-corrected chi connectivity index (χ1v) is 4.32. The number of carbonyl (C=O) groups is 1. The quantitative estimate of drug-likeness (QED) is 0.574. The zero-order valence-electron chi connectivity index (χ0n) is 7.19. The van der Waals surface area contributed by atoms with Gasteiger partial charge in [0.1, 0.15) is 6.29 Å². The summed E-state index contributed by atoms with van der Waals surface area (Å²) >= 11 is 4.20. The second kappa shape index (κ2) is 4.11. The Morgan fingerprint density at radius 2 is 2.31 bits per heavy atom. The van der Waals surface area contributed by atoms with E-state index in [-0.39, 0.29) is 5.92 Å². The van der Waals surface area contributed by atoms with Crippen LogP contribution in [0.1, 0.15) is 24.0 Å². The Bertz CT molecular complexity index is 368. The largest absolute Gasteiger partial charge is 0.303 e. The number of hydrogen-bond acceptors (Lipinski definition) is 3. The van der Waals surface area contributed by atoms with Crippen LogP contribution in [0, 0.1) is 11.3 Å². The molecule has 0 saturated carbocycles. The first kappa shape index (κ1) is 9.82. The molecule has 0 saturated heterocycles. The van der Waals surface area contributed by atoms with Gasteiger partial charge in [0.15, 0.2) is 0 Å². The van der Waals surface area contributed by atoms with Gasteiger partial charge in [0.2, 0.25) is 0 Å². The second-order valence-electron chi connectivity index (χ2n) is 2.77. The van der Waals surface area contributed by atoms with Crippen LogP contribution in [0.25, 0.3) is 0 Å². The first-order valence-electron chi connectivity index (χ1n) is 3.88. The third-order valence-electron chi connectivity index (χ3n) is 1.86. The van der Waals surface area contributed by atoms with Crippen LogP contribution in [0.3, 0.4) is 0 Å². The Morgan fingerprint density at radius 1 is 1.62 bits per heavy atom. The van der Waals surface area contributed by atoms with Gasteiger partial charge < -0.3 is 4.79 Å². The van der Waals surface area contributed by atoms with E-state index in [9.17, 15) is 4.79 Å². The summed E-state index contributed by atoms with van der Waals surface area (Å²) in [6.07, 6.45) is 0.815. The third-order valence-corrected chi connectivity index (χ3v) is 2.25. The van der Waals surface area contributed by atoms with Gasteiger partial charge in [-0.3, -0.25) is 0 Å². The molecule has 0 aliphatic rings. The molecule has 0 aromatic heterocycles. The molecule has 0 aliphatic heterocycles. The summed E-state index contributed by atoms with van der Waals surface area (Å²) in [7, 11) is 0. The number of thiol groups is 1. The maximum atomic E-state index is 10.6. The zero-order chi connectivity index (χ0) is 9.84. The van der Waals surface area contributed by atoms with E-state index in [2.05, 4.69) is 12.6 Å². The molecule has 0 radical (unpaired) electrons. The van der Waals surface area contributed by atoms with Crippen molar-refractivity contribution in [1.82, 2.24) is 0 Å². The number of benzene rings is 1. The second-order valence-corrected chi connectivity index (χ2v) is 3.26. The molecule has 66 valence electrons. The molecule has 1 aromatic rings. The zero-order valence-corrected chi connectivity index (χ0v) is 8.08. The van der Waals surface area contributed by atoms with Crippen molar-refractivity contribution in [3.8, 4) is 6.07 Å². The monoisotopic (exact) mass is 191 g/mol. The van der Waals surface area contributed by atoms with Crippen molar-refractivity contribution in [2.45, 2.75) is 17.7 Å². The normalized spacial score (nSPS) is 11.8. The molecule has 2 nitrogen and oxygen atoms in total. The molecule has 0 bridgehead atoms. The van der Waals surface area contributed by atoms with Crippen LogP contribution in [0.4, 0.5) is 0 Å². The lowest BCUT2D eigenvalue weighted by Crippen LogP contribution is -1.99. The minimum atomic E-state index is -0.275. The molecule has 0 spiro atoms. The molecule has 0 fully saturated rings. The average Bonchev–Trinajstić information content (AvgIpc) is 2.16. The highest BCUT2D eigenvalue weighted by Gasteiger charge is 2.12. The fourth-order valence-corrected chi connectivity index (χ4v) is 1.61. The number of rotatable bonds is 2. The lowest BCUT2D eigenvalue weighted by atomic mass is 9.97. The number of hydrogen-bond donors (Lipinski definition) is 1. The highest BCUT2D eigenvalue weighted by Crippen LogP contribution is 2.24. The molecule has 1 atom stereocenters. The predicted molar refractivity (Wildman–Crippen MR) is 52.9 cm³/mol. The van der Waals surface area contributed by atoms with Crippen LogP contribution in [-0.4, -0.2) is 6.29 Å². The highest BCUT2D eigenvalue weighted by atomic mass is 32.1. The first-order chi connectivity index (χ1) is 6.20. The van der Waals surface area contributed by atoms with Gasteiger partial charge in [-0.25, -0.2) is 0 Å². The SMILES string of the molecule is CC(C=O)c1c(S)cccc1C#N. The van der Waals surface area contributed by atoms with Crippen LogP contribution in [0.15, 0.2) is 23.1 Å². The van der Waals surface area contributed by atoms with Crippen molar-refractivity contribution in [3.05, 3.63) is 29.3 Å². The summed E-state index contributed by atoms with van der Waals surface area (Å²) in [4.78, 5) is 11.3. The van der Waals surface area contributed by atoms with Crippen molar-refractivity contribution in [2.75, 3.05) is 0 Å². The smallest absolute Gasteiger partial charge is 0.127 e. The lowest BCUT2D eigenvalue weighted by Gasteiger charge is -2.08. The van der Waals surface area contributed by atoms with Gasteiger partial charge >= 0.3 is 0 Å². The Labute approximate surface area is 82.6 Å². The summed E-state index contributed by atoms with van der Waals surface area (Å²) in [5.41, 5.74) is 1.23. The van der Waals surface area contributed by atoms with Gasteiger partial charge in [0, 0.05) is 10.8 Å². The van der Waals surface area contributed by atoms with Crippen molar-refractivity contribution in [2.24, 2.45) is 0 Å². The number of aldehydes is 1. The maximum absolute atomic E-state index is 10.6. The topological polar surface area (TPSA) is 40.9 Å². The highest BCUT2D eigenvalue weighted by molar-refractivity contribution is 7.80. The van der Waals surface area contributed by atoms with Gasteiger partial charge in [-0.05, 0) is 17.7 Å². The van der Waals surface area contributed by atoms with E-state index in [4.69, 9.17) is 5.26 Å². The van der Waals surface area contributed by atoms with Crippen LogP contribution in [0.5, 0.6) is 0 Å². The lowest BCUT2D eigenvalue weighted by molar-refractivity contribution is -0.108. The molecule has 0 aliphatic carbocycles.